The number of aryl methyl sites for hydroxylation is 1. The van der Waals surface area contributed by atoms with Crippen molar-refractivity contribution in [2.45, 2.75) is 13.5 Å². The number of aliphatic hydroxyl groups excluding tert-OH is 1. The van der Waals surface area contributed by atoms with E-state index in [1.807, 2.05) is 60.0 Å². The number of rotatable bonds is 4. The van der Waals surface area contributed by atoms with Crippen LogP contribution in [-0.2, 0) is 6.54 Å². The van der Waals surface area contributed by atoms with Gasteiger partial charge in [-0.1, -0.05) is 23.7 Å². The smallest absolute Gasteiger partial charge is 0.275 e. The maximum absolute atomic E-state index is 13.2. The third-order valence-electron chi connectivity index (χ3n) is 5.09. The minimum Gasteiger partial charge on any atom is -0.395 e. The highest BCUT2D eigenvalue weighted by Gasteiger charge is 2.13. The summed E-state index contributed by atoms with van der Waals surface area (Å²) in [7, 11) is 0. The van der Waals surface area contributed by atoms with Gasteiger partial charge in [-0.15, -0.1) is 11.3 Å². The normalized spacial score (nSPS) is 11.6. The van der Waals surface area contributed by atoms with Crippen LogP contribution in [0.3, 0.4) is 0 Å². The molecule has 2 aromatic carbocycles. The van der Waals surface area contributed by atoms with Gasteiger partial charge in [0, 0.05) is 16.4 Å². The van der Waals surface area contributed by atoms with E-state index in [0.29, 0.717) is 27.5 Å². The molecule has 5 aromatic rings. The number of benzene rings is 2. The van der Waals surface area contributed by atoms with Gasteiger partial charge >= 0.3 is 0 Å². The fraction of sp³-hybridized carbons (Fsp3) is 0.136. The molecule has 0 amide bonds. The number of thiophene rings is 1. The van der Waals surface area contributed by atoms with Crippen LogP contribution in [0.4, 0.5) is 0 Å². The van der Waals surface area contributed by atoms with E-state index in [9.17, 15) is 9.90 Å². The van der Waals surface area contributed by atoms with Gasteiger partial charge in [-0.2, -0.15) is 0 Å². The maximum Gasteiger partial charge on any atom is 0.275 e. The third-order valence-corrected chi connectivity index (χ3v) is 6.50. The van der Waals surface area contributed by atoms with E-state index < -0.39 is 0 Å². The number of hydrogen-bond donors (Lipinski definition) is 1. The topological polar surface area (TPSA) is 72.9 Å². The zero-order valence-electron chi connectivity index (χ0n) is 16.0. The molecule has 30 heavy (non-hydrogen) atoms. The Kier molecular flexibility index (Phi) is 4.66. The van der Waals surface area contributed by atoms with Gasteiger partial charge in [0.1, 0.15) is 16.9 Å². The van der Waals surface area contributed by atoms with Gasteiger partial charge in [-0.05, 0) is 48.9 Å². The van der Waals surface area contributed by atoms with Crippen molar-refractivity contribution in [1.82, 2.24) is 19.1 Å². The predicted octanol–water partition coefficient (Wildman–Crippen LogP) is 4.42. The molecule has 0 atom stereocenters. The molecule has 6 nitrogen and oxygen atoms in total. The van der Waals surface area contributed by atoms with Gasteiger partial charge < -0.3 is 9.67 Å². The van der Waals surface area contributed by atoms with Gasteiger partial charge in [0.25, 0.3) is 5.56 Å². The highest BCUT2D eigenvalue weighted by molar-refractivity contribution is 7.22. The lowest BCUT2D eigenvalue weighted by molar-refractivity contribution is 0.276. The van der Waals surface area contributed by atoms with Gasteiger partial charge in [-0.25, -0.2) is 9.97 Å². The molecule has 0 radical (unpaired) electrons. The van der Waals surface area contributed by atoms with Gasteiger partial charge in [0.05, 0.1) is 28.8 Å². The van der Waals surface area contributed by atoms with E-state index in [0.717, 1.165) is 27.3 Å². The molecule has 0 unspecified atom stereocenters. The fourth-order valence-electron chi connectivity index (χ4n) is 3.62. The Morgan fingerprint density at radius 3 is 2.67 bits per heavy atom. The molecule has 0 saturated heterocycles. The first-order valence-electron chi connectivity index (χ1n) is 9.40. The second kappa shape index (κ2) is 7.36. The molecule has 0 aliphatic carbocycles. The number of aliphatic hydroxyl groups is 1. The van der Waals surface area contributed by atoms with Crippen LogP contribution >= 0.6 is 22.9 Å². The first-order valence-corrected chi connectivity index (χ1v) is 10.6. The molecular weight excluding hydrogens is 420 g/mol. The van der Waals surface area contributed by atoms with Crippen LogP contribution in [0.1, 0.15) is 5.82 Å². The highest BCUT2D eigenvalue weighted by Crippen LogP contribution is 2.31. The van der Waals surface area contributed by atoms with Crippen molar-refractivity contribution < 1.29 is 5.11 Å². The molecule has 0 aliphatic heterocycles. The number of nitrogens with zero attached hydrogens (tertiary/aromatic N) is 4. The Morgan fingerprint density at radius 2 is 1.90 bits per heavy atom. The van der Waals surface area contributed by atoms with Crippen LogP contribution < -0.4 is 5.56 Å². The van der Waals surface area contributed by atoms with E-state index >= 15 is 0 Å². The van der Waals surface area contributed by atoms with E-state index in [1.54, 1.807) is 10.9 Å². The lowest BCUT2D eigenvalue weighted by Gasteiger charge is -2.06. The van der Waals surface area contributed by atoms with Crippen LogP contribution in [0.15, 0.2) is 59.7 Å². The number of fused-ring (bicyclic) bond motifs is 2. The summed E-state index contributed by atoms with van der Waals surface area (Å²) in [5.74, 6) is 0.822. The molecule has 1 N–H and O–H groups in total. The van der Waals surface area contributed by atoms with Crippen LogP contribution in [0, 0.1) is 6.92 Å². The molecule has 0 fully saturated rings. The van der Waals surface area contributed by atoms with Crippen molar-refractivity contribution in [2.24, 2.45) is 0 Å². The van der Waals surface area contributed by atoms with E-state index in [-0.39, 0.29) is 12.2 Å². The fourth-order valence-corrected chi connectivity index (χ4v) is 4.80. The summed E-state index contributed by atoms with van der Waals surface area (Å²) >= 11 is 7.40. The molecule has 8 heteroatoms. The summed E-state index contributed by atoms with van der Waals surface area (Å²) in [6.45, 7) is 2.43. The first-order chi connectivity index (χ1) is 14.5. The lowest BCUT2D eigenvalue weighted by atomic mass is 10.2. The van der Waals surface area contributed by atoms with E-state index in [2.05, 4.69) is 9.97 Å². The Hall–Kier alpha value is -3.00. The van der Waals surface area contributed by atoms with Crippen LogP contribution in [0.2, 0.25) is 5.02 Å². The third kappa shape index (κ3) is 3.11. The minimum atomic E-state index is -0.115. The maximum atomic E-state index is 13.2. The second-order valence-corrected chi connectivity index (χ2v) is 8.45. The summed E-state index contributed by atoms with van der Waals surface area (Å²) < 4.78 is 4.11. The van der Waals surface area contributed by atoms with Crippen molar-refractivity contribution in [3.63, 3.8) is 0 Å². The summed E-state index contributed by atoms with van der Waals surface area (Å²) in [5.41, 5.74) is 3.97. The molecular formula is C22H17ClN4O2S. The quantitative estimate of drug-likeness (QED) is 0.452. The Morgan fingerprint density at radius 1 is 1.10 bits per heavy atom. The Balaban J connectivity index is 1.61. The molecule has 150 valence electrons. The largest absolute Gasteiger partial charge is 0.395 e. The zero-order valence-corrected chi connectivity index (χ0v) is 17.6. The molecule has 0 bridgehead atoms. The van der Waals surface area contributed by atoms with Gasteiger partial charge in [0.2, 0.25) is 0 Å². The highest BCUT2D eigenvalue weighted by atomic mass is 35.5. The second-order valence-electron chi connectivity index (χ2n) is 6.96. The zero-order chi connectivity index (χ0) is 20.8. The monoisotopic (exact) mass is 436 g/mol. The summed E-state index contributed by atoms with van der Waals surface area (Å²) in [4.78, 5) is 23.2. The predicted molar refractivity (Wildman–Crippen MR) is 121 cm³/mol. The number of imidazole rings is 1. The van der Waals surface area contributed by atoms with Crippen molar-refractivity contribution in [3.8, 4) is 16.1 Å². The number of halogens is 1. The first kappa shape index (κ1) is 19.0. The van der Waals surface area contributed by atoms with Crippen molar-refractivity contribution >= 4 is 44.2 Å². The molecule has 0 aliphatic rings. The number of aromatic nitrogens is 4. The van der Waals surface area contributed by atoms with Crippen molar-refractivity contribution in [1.29, 1.82) is 0 Å². The average molecular weight is 437 g/mol. The van der Waals surface area contributed by atoms with Gasteiger partial charge in [-0.3, -0.25) is 9.36 Å². The van der Waals surface area contributed by atoms with E-state index in [4.69, 9.17) is 11.6 Å². The average Bonchev–Trinajstić information content (AvgIpc) is 3.31. The minimum absolute atomic E-state index is 0.0441. The summed E-state index contributed by atoms with van der Waals surface area (Å²) in [6, 6.07) is 15.1. The van der Waals surface area contributed by atoms with Crippen LogP contribution in [-0.4, -0.2) is 30.8 Å². The van der Waals surface area contributed by atoms with E-state index in [1.165, 1.54) is 11.3 Å². The van der Waals surface area contributed by atoms with Crippen molar-refractivity contribution in [2.75, 3.05) is 6.61 Å². The molecule has 3 heterocycles. The Bertz CT molecular complexity index is 1450. The van der Waals surface area contributed by atoms with Gasteiger partial charge in [0.15, 0.2) is 0 Å². The Labute approximate surface area is 180 Å². The van der Waals surface area contributed by atoms with Crippen LogP contribution in [0.5, 0.6) is 0 Å². The molecule has 0 saturated carbocycles. The van der Waals surface area contributed by atoms with Crippen molar-refractivity contribution in [3.05, 3.63) is 76.1 Å². The molecule has 3 aromatic heterocycles. The summed E-state index contributed by atoms with van der Waals surface area (Å²) in [6.07, 6.45) is 1.56. The standard InChI is InChI=1S/C22H17ClN4O2S/c1-13-25-17-10-16(6-7-19(17)26(13)8-9-28)27-12-24-18-11-20(30-21(18)22(27)29)14-2-4-15(23)5-3-14/h2-7,10-12,28H,8-9H2,1H3. The lowest BCUT2D eigenvalue weighted by Crippen LogP contribution is -2.17. The summed E-state index contributed by atoms with van der Waals surface area (Å²) in [5, 5.41) is 9.96. The van der Waals surface area contributed by atoms with Crippen LogP contribution in [0.25, 0.3) is 37.4 Å². The molecule has 5 rings (SSSR count). The SMILES string of the molecule is Cc1nc2cc(-n3cnc4cc(-c5ccc(Cl)cc5)sc4c3=O)ccc2n1CCO. The molecule has 0 spiro atoms. The number of hydrogen-bond acceptors (Lipinski definition) is 5.